The summed E-state index contributed by atoms with van der Waals surface area (Å²) >= 11 is 1.85. The van der Waals surface area contributed by atoms with Gasteiger partial charge < -0.3 is 9.32 Å². The average molecular weight is 694 g/mol. The molecule has 3 heteroatoms. The summed E-state index contributed by atoms with van der Waals surface area (Å²) in [5.74, 6) is 0. The van der Waals surface area contributed by atoms with Crippen molar-refractivity contribution in [2.24, 2.45) is 0 Å². The SMILES string of the molecule is c1cc(-c2cccc3ccccc23)cc(N(c2cccc(-c3cccc4oc5c6ccccc6ccc5c34)c2)c2ccc3sc4ccccc4c3c2)c1. The fourth-order valence-corrected chi connectivity index (χ4v) is 9.28. The van der Waals surface area contributed by atoms with Crippen molar-refractivity contribution in [3.8, 4) is 22.3 Å². The van der Waals surface area contributed by atoms with Crippen LogP contribution in [0.2, 0.25) is 0 Å². The zero-order valence-electron chi connectivity index (χ0n) is 28.7. The Kier molecular flexibility index (Phi) is 6.76. The predicted octanol–water partition coefficient (Wildman–Crippen LogP) is 15.1. The summed E-state index contributed by atoms with van der Waals surface area (Å²) in [5.41, 5.74) is 9.85. The van der Waals surface area contributed by atoms with E-state index in [1.807, 2.05) is 11.3 Å². The standard InChI is InChI=1S/C50H31NOS/c1-3-18-39-32(11-1)13-9-21-40(39)34-14-7-16-36(29-34)51(38-26-28-48-45(31-38)43-20-5-6-24-47(43)53-48)37-17-8-15-35(30-37)41-22-10-23-46-49(41)44-27-25-33-12-2-4-19-42(33)50(44)52-46/h1-31H. The number of benzene rings is 9. The maximum atomic E-state index is 6.59. The number of thiophene rings is 1. The second kappa shape index (κ2) is 11.9. The van der Waals surface area contributed by atoms with Crippen LogP contribution in [0.1, 0.15) is 0 Å². The predicted molar refractivity (Wildman–Crippen MR) is 227 cm³/mol. The molecular formula is C50H31NOS. The van der Waals surface area contributed by atoms with Gasteiger partial charge in [-0.2, -0.15) is 0 Å². The van der Waals surface area contributed by atoms with E-state index in [0.717, 1.165) is 55.5 Å². The molecule has 0 radical (unpaired) electrons. The zero-order chi connectivity index (χ0) is 34.9. The van der Waals surface area contributed by atoms with Gasteiger partial charge in [-0.3, -0.25) is 0 Å². The molecule has 2 aromatic heterocycles. The molecule has 11 aromatic rings. The minimum Gasteiger partial charge on any atom is -0.455 e. The summed E-state index contributed by atoms with van der Waals surface area (Å²) in [6.45, 7) is 0. The van der Waals surface area contributed by atoms with Gasteiger partial charge in [-0.15, -0.1) is 11.3 Å². The summed E-state index contributed by atoms with van der Waals surface area (Å²) in [6.07, 6.45) is 0. The summed E-state index contributed by atoms with van der Waals surface area (Å²) in [7, 11) is 0. The number of nitrogens with zero attached hydrogens (tertiary/aromatic N) is 1. The first-order valence-corrected chi connectivity index (χ1v) is 18.8. The van der Waals surface area contributed by atoms with Gasteiger partial charge in [0.25, 0.3) is 0 Å². The molecule has 0 atom stereocenters. The molecule has 0 saturated heterocycles. The molecule has 0 spiro atoms. The fourth-order valence-electron chi connectivity index (χ4n) is 8.20. The van der Waals surface area contributed by atoms with Crippen molar-refractivity contribution in [2.45, 2.75) is 0 Å². The van der Waals surface area contributed by atoms with E-state index in [-0.39, 0.29) is 0 Å². The molecule has 0 amide bonds. The number of furan rings is 1. The van der Waals surface area contributed by atoms with Gasteiger partial charge >= 0.3 is 0 Å². The largest absolute Gasteiger partial charge is 0.455 e. The maximum absolute atomic E-state index is 6.59. The lowest BCUT2D eigenvalue weighted by molar-refractivity contribution is 0.673. The van der Waals surface area contributed by atoms with Crippen LogP contribution in [0.3, 0.4) is 0 Å². The lowest BCUT2D eigenvalue weighted by Gasteiger charge is -2.27. The number of rotatable bonds is 5. The highest BCUT2D eigenvalue weighted by Gasteiger charge is 2.19. The first kappa shape index (κ1) is 30.0. The summed E-state index contributed by atoms with van der Waals surface area (Å²) < 4.78 is 9.18. The Morgan fingerprint density at radius 1 is 0.377 bits per heavy atom. The van der Waals surface area contributed by atoms with Crippen LogP contribution in [0.5, 0.6) is 0 Å². The van der Waals surface area contributed by atoms with Gasteiger partial charge in [-0.1, -0.05) is 127 Å². The normalized spacial score (nSPS) is 11.8. The first-order chi connectivity index (χ1) is 26.3. The van der Waals surface area contributed by atoms with Crippen LogP contribution in [0, 0.1) is 0 Å². The Labute approximate surface area is 310 Å². The molecule has 0 aliphatic rings. The van der Waals surface area contributed by atoms with E-state index in [1.165, 1.54) is 47.5 Å². The van der Waals surface area contributed by atoms with Gasteiger partial charge in [0.1, 0.15) is 11.2 Å². The van der Waals surface area contributed by atoms with Crippen molar-refractivity contribution in [1.82, 2.24) is 0 Å². The van der Waals surface area contributed by atoms with Crippen LogP contribution in [-0.4, -0.2) is 0 Å². The summed E-state index contributed by atoms with van der Waals surface area (Å²) in [5, 5.41) is 9.64. The minimum absolute atomic E-state index is 0.897. The number of fused-ring (bicyclic) bond motifs is 9. The van der Waals surface area contributed by atoms with Gasteiger partial charge in [0, 0.05) is 53.4 Å². The van der Waals surface area contributed by atoms with Crippen molar-refractivity contribution in [1.29, 1.82) is 0 Å². The van der Waals surface area contributed by atoms with Crippen LogP contribution < -0.4 is 4.90 Å². The van der Waals surface area contributed by atoms with Crippen molar-refractivity contribution >= 4 is 92.1 Å². The van der Waals surface area contributed by atoms with Gasteiger partial charge in [0.15, 0.2) is 0 Å². The molecule has 2 nitrogen and oxygen atoms in total. The quantitative estimate of drug-likeness (QED) is 0.178. The van der Waals surface area contributed by atoms with E-state index in [2.05, 4.69) is 193 Å². The van der Waals surface area contributed by atoms with Crippen LogP contribution >= 0.6 is 11.3 Å². The molecule has 0 bridgehead atoms. The highest BCUT2D eigenvalue weighted by atomic mass is 32.1. The molecular weight excluding hydrogens is 663 g/mol. The van der Waals surface area contributed by atoms with Crippen molar-refractivity contribution in [3.05, 3.63) is 188 Å². The van der Waals surface area contributed by atoms with E-state index in [9.17, 15) is 0 Å². The molecule has 0 aliphatic heterocycles. The molecule has 53 heavy (non-hydrogen) atoms. The van der Waals surface area contributed by atoms with Crippen molar-refractivity contribution in [2.75, 3.05) is 4.90 Å². The Morgan fingerprint density at radius 3 is 1.81 bits per heavy atom. The minimum atomic E-state index is 0.897. The van der Waals surface area contributed by atoms with Crippen molar-refractivity contribution in [3.63, 3.8) is 0 Å². The molecule has 248 valence electrons. The lowest BCUT2D eigenvalue weighted by Crippen LogP contribution is -2.10. The first-order valence-electron chi connectivity index (χ1n) is 18.0. The van der Waals surface area contributed by atoms with E-state index in [4.69, 9.17) is 4.42 Å². The van der Waals surface area contributed by atoms with E-state index >= 15 is 0 Å². The molecule has 0 fully saturated rings. The van der Waals surface area contributed by atoms with E-state index in [1.54, 1.807) is 0 Å². The Bertz CT molecular complexity index is 3200. The molecule has 0 unspecified atom stereocenters. The maximum Gasteiger partial charge on any atom is 0.143 e. The third-order valence-electron chi connectivity index (χ3n) is 10.6. The van der Waals surface area contributed by atoms with E-state index in [0.29, 0.717) is 0 Å². The van der Waals surface area contributed by atoms with Gasteiger partial charge in [-0.05, 0) is 99.1 Å². The molecule has 0 saturated carbocycles. The van der Waals surface area contributed by atoms with Gasteiger partial charge in [-0.25, -0.2) is 0 Å². The lowest BCUT2D eigenvalue weighted by atomic mass is 9.97. The second-order valence-corrected chi connectivity index (χ2v) is 14.8. The van der Waals surface area contributed by atoms with Crippen LogP contribution in [-0.2, 0) is 0 Å². The highest BCUT2D eigenvalue weighted by molar-refractivity contribution is 7.25. The van der Waals surface area contributed by atoms with Crippen LogP contribution in [0.25, 0.3) is 85.9 Å². The van der Waals surface area contributed by atoms with E-state index < -0.39 is 0 Å². The second-order valence-electron chi connectivity index (χ2n) is 13.7. The zero-order valence-corrected chi connectivity index (χ0v) is 29.5. The topological polar surface area (TPSA) is 16.4 Å². The summed E-state index contributed by atoms with van der Waals surface area (Å²) in [4.78, 5) is 2.41. The van der Waals surface area contributed by atoms with Gasteiger partial charge in [0.2, 0.25) is 0 Å². The molecule has 2 heterocycles. The molecule has 9 aromatic carbocycles. The summed E-state index contributed by atoms with van der Waals surface area (Å²) in [6, 6.07) is 68.1. The fraction of sp³-hybridized carbons (Fsp3) is 0. The van der Waals surface area contributed by atoms with Crippen LogP contribution in [0.4, 0.5) is 17.1 Å². The molecule has 0 aliphatic carbocycles. The Hall–Kier alpha value is -6.68. The number of anilines is 3. The molecule has 11 rings (SSSR count). The third kappa shape index (κ3) is 4.86. The third-order valence-corrected chi connectivity index (χ3v) is 11.8. The highest BCUT2D eigenvalue weighted by Crippen LogP contribution is 2.44. The van der Waals surface area contributed by atoms with Crippen LogP contribution in [0.15, 0.2) is 192 Å². The number of hydrogen-bond donors (Lipinski definition) is 0. The Morgan fingerprint density at radius 2 is 0.981 bits per heavy atom. The Balaban J connectivity index is 1.12. The molecule has 0 N–H and O–H groups in total. The monoisotopic (exact) mass is 693 g/mol. The number of hydrogen-bond acceptors (Lipinski definition) is 3. The average Bonchev–Trinajstić information content (AvgIpc) is 3.80. The van der Waals surface area contributed by atoms with Gasteiger partial charge in [0.05, 0.1) is 0 Å². The smallest absolute Gasteiger partial charge is 0.143 e. The van der Waals surface area contributed by atoms with Crippen molar-refractivity contribution < 1.29 is 4.42 Å².